The van der Waals surface area contributed by atoms with Gasteiger partial charge < -0.3 is 25.0 Å². The maximum atomic E-state index is 13.1. The molecule has 2 saturated heterocycles. The second-order valence-electron chi connectivity index (χ2n) is 7.62. The van der Waals surface area contributed by atoms with E-state index in [0.717, 1.165) is 50.4 Å². The third kappa shape index (κ3) is 4.50. The van der Waals surface area contributed by atoms with Gasteiger partial charge in [0.15, 0.2) is 0 Å². The summed E-state index contributed by atoms with van der Waals surface area (Å²) >= 11 is 0. The Morgan fingerprint density at radius 3 is 2.33 bits per heavy atom. The molecule has 0 aromatic heterocycles. The number of alkyl halides is 1. The SMILES string of the molecule is CCN1CCN(Cc2cc([C@@H]3O[C@H](CF)[C@@H](O)[C@H](O)[C@H]3O)ccc2C)CC1. The minimum atomic E-state index is -1.43. The molecule has 1 aromatic rings. The first kappa shape index (κ1) is 20.6. The highest BCUT2D eigenvalue weighted by molar-refractivity contribution is 5.33. The minimum absolute atomic E-state index is 0.694. The van der Waals surface area contributed by atoms with Gasteiger partial charge in [0.1, 0.15) is 37.2 Å². The molecule has 0 unspecified atom stereocenters. The summed E-state index contributed by atoms with van der Waals surface area (Å²) in [6.45, 7) is 9.31. The van der Waals surface area contributed by atoms with E-state index in [-0.39, 0.29) is 0 Å². The number of nitrogens with zero attached hydrogens (tertiary/aromatic N) is 2. The normalized spacial score (nSPS) is 33.3. The van der Waals surface area contributed by atoms with Crippen LogP contribution < -0.4 is 0 Å². The number of aliphatic hydroxyl groups excluding tert-OH is 3. The maximum absolute atomic E-state index is 13.1. The van der Waals surface area contributed by atoms with E-state index in [1.54, 1.807) is 0 Å². The van der Waals surface area contributed by atoms with Crippen LogP contribution in [0.3, 0.4) is 0 Å². The largest absolute Gasteiger partial charge is 0.387 e. The van der Waals surface area contributed by atoms with E-state index in [1.165, 1.54) is 0 Å². The van der Waals surface area contributed by atoms with Crippen LogP contribution in [-0.4, -0.2) is 88.9 Å². The average molecular weight is 382 g/mol. The summed E-state index contributed by atoms with van der Waals surface area (Å²) in [6, 6.07) is 5.77. The van der Waals surface area contributed by atoms with Crippen molar-refractivity contribution in [2.24, 2.45) is 0 Å². The van der Waals surface area contributed by atoms with Gasteiger partial charge in [-0.1, -0.05) is 25.1 Å². The second kappa shape index (κ2) is 8.94. The number of benzene rings is 1. The van der Waals surface area contributed by atoms with Gasteiger partial charge >= 0.3 is 0 Å². The summed E-state index contributed by atoms with van der Waals surface area (Å²) in [6.07, 6.45) is -6.16. The minimum Gasteiger partial charge on any atom is -0.387 e. The lowest BCUT2D eigenvalue weighted by Gasteiger charge is -2.40. The molecule has 2 heterocycles. The third-order valence-electron chi connectivity index (χ3n) is 5.87. The Morgan fingerprint density at radius 1 is 1.04 bits per heavy atom. The second-order valence-corrected chi connectivity index (χ2v) is 7.62. The molecule has 0 radical (unpaired) electrons. The fourth-order valence-electron chi connectivity index (χ4n) is 3.90. The van der Waals surface area contributed by atoms with E-state index in [4.69, 9.17) is 4.74 Å². The first-order valence-corrected chi connectivity index (χ1v) is 9.74. The molecule has 0 aliphatic carbocycles. The molecule has 5 atom stereocenters. The molecule has 1 aromatic carbocycles. The number of rotatable bonds is 5. The highest BCUT2D eigenvalue weighted by Crippen LogP contribution is 2.33. The van der Waals surface area contributed by atoms with Crippen LogP contribution in [-0.2, 0) is 11.3 Å². The van der Waals surface area contributed by atoms with E-state index in [1.807, 2.05) is 25.1 Å². The van der Waals surface area contributed by atoms with E-state index < -0.39 is 37.2 Å². The number of hydrogen-bond donors (Lipinski definition) is 3. The summed E-state index contributed by atoms with van der Waals surface area (Å²) in [5.74, 6) is 0. The van der Waals surface area contributed by atoms with Crippen LogP contribution in [0.4, 0.5) is 4.39 Å². The van der Waals surface area contributed by atoms with Crippen LogP contribution in [0.5, 0.6) is 0 Å². The number of halogens is 1. The fourth-order valence-corrected chi connectivity index (χ4v) is 3.90. The Morgan fingerprint density at radius 2 is 1.70 bits per heavy atom. The molecular weight excluding hydrogens is 351 g/mol. The van der Waals surface area contributed by atoms with Crippen molar-refractivity contribution in [1.29, 1.82) is 0 Å². The zero-order chi connectivity index (χ0) is 19.6. The lowest BCUT2D eigenvalue weighted by molar-refractivity contribution is -0.227. The molecule has 2 fully saturated rings. The van der Waals surface area contributed by atoms with Gasteiger partial charge in [0.2, 0.25) is 0 Å². The molecule has 3 N–H and O–H groups in total. The lowest BCUT2D eigenvalue weighted by Crippen LogP contribution is -2.54. The average Bonchev–Trinajstić information content (AvgIpc) is 2.69. The van der Waals surface area contributed by atoms with Crippen LogP contribution in [0.2, 0.25) is 0 Å². The van der Waals surface area contributed by atoms with Crippen molar-refractivity contribution >= 4 is 0 Å². The summed E-state index contributed by atoms with van der Waals surface area (Å²) in [5, 5.41) is 30.2. The molecule has 2 aliphatic rings. The van der Waals surface area contributed by atoms with Crippen LogP contribution in [0.25, 0.3) is 0 Å². The van der Waals surface area contributed by atoms with Crippen molar-refractivity contribution in [3.05, 3.63) is 34.9 Å². The molecule has 0 bridgehead atoms. The van der Waals surface area contributed by atoms with Gasteiger partial charge in [-0.15, -0.1) is 0 Å². The number of aliphatic hydroxyl groups is 3. The van der Waals surface area contributed by atoms with Crippen LogP contribution in [0.1, 0.15) is 29.7 Å². The van der Waals surface area contributed by atoms with E-state index in [0.29, 0.717) is 5.56 Å². The molecule has 0 spiro atoms. The van der Waals surface area contributed by atoms with Crippen molar-refractivity contribution < 1.29 is 24.4 Å². The number of hydrogen-bond acceptors (Lipinski definition) is 6. The van der Waals surface area contributed by atoms with E-state index >= 15 is 0 Å². The van der Waals surface area contributed by atoms with Crippen LogP contribution >= 0.6 is 0 Å². The van der Waals surface area contributed by atoms with Gasteiger partial charge in [0, 0.05) is 32.7 Å². The molecule has 0 amide bonds. The topological polar surface area (TPSA) is 76.4 Å². The smallest absolute Gasteiger partial charge is 0.118 e. The Balaban J connectivity index is 1.74. The molecule has 3 rings (SSSR count). The molecule has 6 nitrogen and oxygen atoms in total. The third-order valence-corrected chi connectivity index (χ3v) is 5.87. The molecule has 2 aliphatic heterocycles. The monoisotopic (exact) mass is 382 g/mol. The van der Waals surface area contributed by atoms with Crippen LogP contribution in [0, 0.1) is 6.92 Å². The number of likely N-dealkylation sites (N-methyl/N-ethyl adjacent to an activating group) is 1. The fraction of sp³-hybridized carbons (Fsp3) is 0.700. The molecule has 0 saturated carbocycles. The summed E-state index contributed by atoms with van der Waals surface area (Å²) in [4.78, 5) is 4.83. The van der Waals surface area contributed by atoms with Crippen molar-refractivity contribution in [2.75, 3.05) is 39.4 Å². The lowest BCUT2D eigenvalue weighted by atomic mass is 9.90. The van der Waals surface area contributed by atoms with Crippen LogP contribution in [0.15, 0.2) is 18.2 Å². The van der Waals surface area contributed by atoms with E-state index in [9.17, 15) is 19.7 Å². The standard InChI is InChI=1S/C20H31FN2O4/c1-3-22-6-8-23(9-7-22)12-15-10-14(5-4-13(15)2)20-19(26)18(25)17(24)16(11-21)27-20/h4-5,10,16-20,24-26H,3,6-9,11-12H2,1-2H3/t16-,17-,18+,19-,20+/m1/s1. The molecule has 152 valence electrons. The van der Waals surface area contributed by atoms with Gasteiger partial charge in [0.05, 0.1) is 0 Å². The van der Waals surface area contributed by atoms with Crippen molar-refractivity contribution in [1.82, 2.24) is 9.80 Å². The van der Waals surface area contributed by atoms with Gasteiger partial charge in [0.25, 0.3) is 0 Å². The zero-order valence-electron chi connectivity index (χ0n) is 16.1. The van der Waals surface area contributed by atoms with Gasteiger partial charge in [-0.05, 0) is 30.2 Å². The number of piperazine rings is 1. The van der Waals surface area contributed by atoms with Crippen molar-refractivity contribution in [2.45, 2.75) is 50.9 Å². The molecule has 7 heteroatoms. The quantitative estimate of drug-likeness (QED) is 0.693. The number of ether oxygens (including phenoxy) is 1. The predicted molar refractivity (Wildman–Crippen MR) is 100 cm³/mol. The van der Waals surface area contributed by atoms with Gasteiger partial charge in [-0.25, -0.2) is 4.39 Å². The van der Waals surface area contributed by atoms with Gasteiger partial charge in [-0.3, -0.25) is 4.90 Å². The Hall–Kier alpha value is -1.09. The predicted octanol–water partition coefficient (Wildman–Crippen LogP) is 0.625. The first-order valence-electron chi connectivity index (χ1n) is 9.74. The summed E-state index contributed by atoms with van der Waals surface area (Å²) in [5.41, 5.74) is 2.97. The Bertz CT molecular complexity index is 622. The first-order chi connectivity index (χ1) is 12.9. The van der Waals surface area contributed by atoms with Gasteiger partial charge in [-0.2, -0.15) is 0 Å². The maximum Gasteiger partial charge on any atom is 0.118 e. The summed E-state index contributed by atoms with van der Waals surface area (Å²) < 4.78 is 18.7. The number of aryl methyl sites for hydroxylation is 1. The van der Waals surface area contributed by atoms with Crippen molar-refractivity contribution in [3.8, 4) is 0 Å². The molecule has 27 heavy (non-hydrogen) atoms. The highest BCUT2D eigenvalue weighted by Gasteiger charge is 2.44. The zero-order valence-corrected chi connectivity index (χ0v) is 16.1. The molecular formula is C20H31FN2O4. The Labute approximate surface area is 160 Å². The van der Waals surface area contributed by atoms with E-state index in [2.05, 4.69) is 16.7 Å². The highest BCUT2D eigenvalue weighted by atomic mass is 19.1. The Kier molecular flexibility index (Phi) is 6.83. The van der Waals surface area contributed by atoms with Crippen molar-refractivity contribution in [3.63, 3.8) is 0 Å². The summed E-state index contributed by atoms with van der Waals surface area (Å²) in [7, 11) is 0.